The van der Waals surface area contributed by atoms with Crippen molar-refractivity contribution in [1.29, 1.82) is 0 Å². The Kier molecular flexibility index (Phi) is 18.7. The van der Waals surface area contributed by atoms with Crippen LogP contribution < -0.4 is 15.4 Å². The number of carbonyl (C=O) groups excluding carboxylic acids is 4. The van der Waals surface area contributed by atoms with E-state index in [2.05, 4.69) is 22.3 Å². The molecular weight excluding hydrogens is 572 g/mol. The molecule has 2 rings (SSSR count). The second-order valence-corrected chi connectivity index (χ2v) is 11.4. The second kappa shape index (κ2) is 22.6. The molecule has 9 heteroatoms. The Hall–Kier alpha value is -3.88. The van der Waals surface area contributed by atoms with Crippen molar-refractivity contribution in [2.75, 3.05) is 31.5 Å². The van der Waals surface area contributed by atoms with Crippen molar-refractivity contribution in [1.82, 2.24) is 0 Å². The van der Waals surface area contributed by atoms with Gasteiger partial charge < -0.3 is 24.8 Å². The highest BCUT2D eigenvalue weighted by atomic mass is 16.6. The lowest BCUT2D eigenvalue weighted by Gasteiger charge is -2.17. The number of rotatable bonds is 23. The first-order valence-electron chi connectivity index (χ1n) is 16.4. The van der Waals surface area contributed by atoms with Gasteiger partial charge in [0, 0.05) is 17.8 Å². The molecule has 0 aliphatic carbocycles. The van der Waals surface area contributed by atoms with Crippen molar-refractivity contribution in [3.8, 4) is 5.75 Å². The molecule has 0 heterocycles. The fraction of sp³-hybridized carbons (Fsp3) is 0.556. The fourth-order valence-corrected chi connectivity index (χ4v) is 5.09. The Morgan fingerprint density at radius 1 is 0.689 bits per heavy atom. The molecule has 0 spiro atoms. The monoisotopic (exact) mass is 624 g/mol. The maximum Gasteiger partial charge on any atom is 0.343 e. The predicted octanol–water partition coefficient (Wildman–Crippen LogP) is 7.63. The van der Waals surface area contributed by atoms with E-state index in [9.17, 15) is 19.2 Å². The summed E-state index contributed by atoms with van der Waals surface area (Å²) in [5.41, 5.74) is 1.55. The lowest BCUT2D eigenvalue weighted by molar-refractivity contribution is -0.149. The molecule has 2 aromatic rings. The van der Waals surface area contributed by atoms with E-state index in [0.29, 0.717) is 29.1 Å². The number of benzene rings is 2. The van der Waals surface area contributed by atoms with Crippen LogP contribution in [0.25, 0.3) is 0 Å². The van der Waals surface area contributed by atoms with E-state index in [1.54, 1.807) is 48.5 Å². The summed E-state index contributed by atoms with van der Waals surface area (Å²) >= 11 is 0. The number of hydrogen-bond acceptors (Lipinski definition) is 7. The Balaban J connectivity index is 1.78. The van der Waals surface area contributed by atoms with Gasteiger partial charge in [0.05, 0.1) is 14.2 Å². The lowest BCUT2D eigenvalue weighted by atomic mass is 9.97. The van der Waals surface area contributed by atoms with Gasteiger partial charge in [-0.05, 0) is 42.7 Å². The molecule has 2 amide bonds. The van der Waals surface area contributed by atoms with Crippen molar-refractivity contribution >= 4 is 35.1 Å². The Bertz CT molecular complexity index is 1180. The number of anilines is 2. The number of amides is 2. The van der Waals surface area contributed by atoms with E-state index in [-0.39, 0.29) is 18.9 Å². The molecule has 2 aromatic carbocycles. The van der Waals surface area contributed by atoms with Gasteiger partial charge in [0.15, 0.2) is 6.61 Å². The maximum atomic E-state index is 13.2. The third-order valence-electron chi connectivity index (χ3n) is 7.69. The third-order valence-corrected chi connectivity index (χ3v) is 7.69. The van der Waals surface area contributed by atoms with Gasteiger partial charge in [-0.3, -0.25) is 14.4 Å². The largest absolute Gasteiger partial charge is 0.482 e. The van der Waals surface area contributed by atoms with Crippen molar-refractivity contribution in [2.45, 2.75) is 103 Å². The summed E-state index contributed by atoms with van der Waals surface area (Å²) in [6.07, 6.45) is 16.7. The zero-order valence-corrected chi connectivity index (χ0v) is 27.4. The molecule has 0 aromatic heterocycles. The van der Waals surface area contributed by atoms with Crippen LogP contribution in [0.3, 0.4) is 0 Å². The molecular formula is C36H52N2O7. The first-order chi connectivity index (χ1) is 21.9. The number of nitrogens with one attached hydrogen (secondary N) is 2. The van der Waals surface area contributed by atoms with Crippen molar-refractivity contribution < 1.29 is 33.4 Å². The molecule has 0 saturated carbocycles. The second-order valence-electron chi connectivity index (χ2n) is 11.4. The van der Waals surface area contributed by atoms with Gasteiger partial charge in [-0.1, -0.05) is 108 Å². The van der Waals surface area contributed by atoms with Crippen LogP contribution in [-0.4, -0.2) is 44.6 Å². The molecule has 1 atom stereocenters. The average Bonchev–Trinajstić information content (AvgIpc) is 3.04. The van der Waals surface area contributed by atoms with Crippen LogP contribution in [0, 0.1) is 5.92 Å². The van der Waals surface area contributed by atoms with Gasteiger partial charge in [-0.2, -0.15) is 0 Å². The topological polar surface area (TPSA) is 120 Å². The Labute approximate surface area is 268 Å². The molecule has 9 nitrogen and oxygen atoms in total. The Morgan fingerprint density at radius 2 is 1.27 bits per heavy atom. The maximum absolute atomic E-state index is 13.2. The number of hydrogen-bond donors (Lipinski definition) is 2. The predicted molar refractivity (Wildman–Crippen MR) is 177 cm³/mol. The van der Waals surface area contributed by atoms with E-state index >= 15 is 0 Å². The highest BCUT2D eigenvalue weighted by Crippen LogP contribution is 2.24. The van der Waals surface area contributed by atoms with Crippen LogP contribution in [0.1, 0.15) is 102 Å². The van der Waals surface area contributed by atoms with E-state index in [0.717, 1.165) is 19.3 Å². The van der Waals surface area contributed by atoms with Crippen molar-refractivity contribution in [3.63, 3.8) is 0 Å². The van der Waals surface area contributed by atoms with Crippen molar-refractivity contribution in [3.05, 3.63) is 54.1 Å². The van der Waals surface area contributed by atoms with E-state index in [1.807, 2.05) is 0 Å². The number of unbranched alkanes of at least 4 members (excludes halogenated alkanes) is 12. The molecule has 248 valence electrons. The smallest absolute Gasteiger partial charge is 0.343 e. The molecule has 0 radical (unpaired) electrons. The quantitative estimate of drug-likeness (QED) is 0.0741. The average molecular weight is 625 g/mol. The minimum absolute atomic E-state index is 0.00853. The summed E-state index contributed by atoms with van der Waals surface area (Å²) in [7, 11) is 2.48. The molecule has 0 saturated heterocycles. The lowest BCUT2D eigenvalue weighted by Crippen LogP contribution is -2.32. The minimum atomic E-state index is -1.17. The zero-order chi connectivity index (χ0) is 32.7. The summed E-state index contributed by atoms with van der Waals surface area (Å²) in [5.74, 6) is -2.72. The number of esters is 2. The highest BCUT2D eigenvalue weighted by molar-refractivity contribution is 6.05. The van der Waals surface area contributed by atoms with E-state index in [4.69, 9.17) is 9.47 Å². The first-order valence-corrected chi connectivity index (χ1v) is 16.4. The van der Waals surface area contributed by atoms with Crippen LogP contribution >= 0.6 is 0 Å². The van der Waals surface area contributed by atoms with Crippen LogP contribution in [0.5, 0.6) is 5.75 Å². The molecule has 0 aliphatic heterocycles. The third kappa shape index (κ3) is 15.6. The SMILES string of the molecule is CCCCCCCCCCCCCCCC(=O)Nc1cccc(NC(=O)C(Cc2ccccc2OCC(=O)OC)C(=O)OC)c1. The van der Waals surface area contributed by atoms with Gasteiger partial charge in [0.25, 0.3) is 0 Å². The summed E-state index contributed by atoms with van der Waals surface area (Å²) < 4.78 is 15.1. The van der Waals surface area contributed by atoms with Gasteiger partial charge in [-0.25, -0.2) is 4.79 Å². The Morgan fingerprint density at radius 3 is 1.87 bits per heavy atom. The summed E-state index contributed by atoms with van der Waals surface area (Å²) in [5, 5.41) is 5.66. The van der Waals surface area contributed by atoms with E-state index in [1.165, 1.54) is 78.4 Å². The summed E-state index contributed by atoms with van der Waals surface area (Å²) in [6, 6.07) is 13.6. The summed E-state index contributed by atoms with van der Waals surface area (Å²) in [6.45, 7) is 1.94. The number of carbonyl (C=O) groups is 4. The number of methoxy groups -OCH3 is 2. The van der Waals surface area contributed by atoms with Gasteiger partial charge >= 0.3 is 11.9 Å². The molecule has 0 bridgehead atoms. The molecule has 45 heavy (non-hydrogen) atoms. The van der Waals surface area contributed by atoms with Gasteiger partial charge in [-0.15, -0.1) is 0 Å². The molecule has 1 unspecified atom stereocenters. The van der Waals surface area contributed by atoms with Crippen LogP contribution in [-0.2, 0) is 35.1 Å². The van der Waals surface area contributed by atoms with Crippen LogP contribution in [0.15, 0.2) is 48.5 Å². The highest BCUT2D eigenvalue weighted by Gasteiger charge is 2.29. The fourth-order valence-electron chi connectivity index (χ4n) is 5.09. The van der Waals surface area contributed by atoms with Gasteiger partial charge in [0.2, 0.25) is 11.8 Å². The summed E-state index contributed by atoms with van der Waals surface area (Å²) in [4.78, 5) is 49.9. The van der Waals surface area contributed by atoms with Crippen LogP contribution in [0.2, 0.25) is 0 Å². The molecule has 0 aliphatic rings. The van der Waals surface area contributed by atoms with Crippen LogP contribution in [0.4, 0.5) is 11.4 Å². The standard InChI is InChI=1S/C36H52N2O7/c1-4-5-6-7-8-9-10-11-12-13-14-15-16-24-33(39)37-29-21-19-22-30(26-29)38-35(41)31(36(42)44-3)25-28-20-17-18-23-32(28)45-27-34(40)43-2/h17-23,26,31H,4-16,24-25,27H2,1-3H3,(H,37,39)(H,38,41). The molecule has 2 N–H and O–H groups in total. The number of para-hydroxylation sites is 1. The van der Waals surface area contributed by atoms with Crippen molar-refractivity contribution in [2.24, 2.45) is 5.92 Å². The zero-order valence-electron chi connectivity index (χ0n) is 27.4. The molecule has 0 fully saturated rings. The van der Waals surface area contributed by atoms with Gasteiger partial charge in [0.1, 0.15) is 11.7 Å². The number of ether oxygens (including phenoxy) is 3. The minimum Gasteiger partial charge on any atom is -0.482 e. The first kappa shape index (κ1) is 37.3. The normalized spacial score (nSPS) is 11.4. The van der Waals surface area contributed by atoms with E-state index < -0.39 is 23.8 Å².